The van der Waals surface area contributed by atoms with Crippen LogP contribution in [-0.4, -0.2) is 141 Å². The van der Waals surface area contributed by atoms with Gasteiger partial charge in [-0.3, -0.25) is 0 Å². The molecule has 0 amide bonds. The molecule has 0 aromatic carbocycles. The van der Waals surface area contributed by atoms with Crippen LogP contribution in [0, 0.1) is 0 Å². The predicted octanol–water partition coefficient (Wildman–Crippen LogP) is 9.48. The van der Waals surface area contributed by atoms with Crippen LogP contribution in [0.2, 0.25) is 157 Å². The molecular weight excluding hydrogens is 833 g/mol. The zero-order chi connectivity index (χ0) is 43.0. The van der Waals surface area contributed by atoms with E-state index in [1.807, 2.05) is 0 Å². The zero-order valence-corrected chi connectivity index (χ0v) is 47.7. The van der Waals surface area contributed by atoms with E-state index in [4.69, 9.17) is 49.6 Å². The van der Waals surface area contributed by atoms with Crippen molar-refractivity contribution in [2.45, 2.75) is 212 Å². The Morgan fingerprint density at radius 3 is 1.15 bits per heavy atom. The highest BCUT2D eigenvalue weighted by molar-refractivity contribution is 6.72. The Morgan fingerprint density at radius 2 is 0.745 bits per heavy atom. The number of ether oxygens (including phenoxy) is 3. The minimum Gasteiger partial charge on any atom is -0.415 e. The van der Waals surface area contributed by atoms with Gasteiger partial charge < -0.3 is 49.6 Å². The smallest absolute Gasteiger partial charge is 0.221 e. The molecule has 2 saturated heterocycles. The second-order valence-corrected chi connectivity index (χ2v) is 59.1. The van der Waals surface area contributed by atoms with Crippen molar-refractivity contribution >= 4 is 66.5 Å². The fourth-order valence-electron chi connectivity index (χ4n) is 6.21. The summed E-state index contributed by atoms with van der Waals surface area (Å²) in [7, 11) is -17.0. The van der Waals surface area contributed by atoms with Gasteiger partial charge in [0.2, 0.25) is 5.79 Å². The van der Waals surface area contributed by atoms with E-state index >= 15 is 0 Å². The lowest BCUT2D eigenvalue weighted by Gasteiger charge is -2.52. The normalized spacial score (nSPS) is 31.0. The van der Waals surface area contributed by atoms with Crippen molar-refractivity contribution in [1.29, 1.82) is 0 Å². The summed E-state index contributed by atoms with van der Waals surface area (Å²) >= 11 is 0. The number of hydrogen-bond donors (Lipinski definition) is 0. The van der Waals surface area contributed by atoms with Gasteiger partial charge in [-0.05, 0) is 157 Å². The standard InChI is InChI=1S/C36H86O11Si8/c1-48(2,3)37-25-28-30(43-51(10,11)12)32(45-53(16,17)18)33(46-54(19,20)21)35(40-28)42-36(27-39-50(7,8)9)34(47-55(22,23)24)31(44-52(13,14)15)29(41-36)26-38-49(4,5)6/h28-35H,25-27H2,1-24H3/t28-,29+,30-,31+,32+,33-,34-,35+,36-/m0/s1. The summed E-state index contributed by atoms with van der Waals surface area (Å²) in [4.78, 5) is 0. The predicted molar refractivity (Wildman–Crippen MR) is 246 cm³/mol. The van der Waals surface area contributed by atoms with E-state index in [1.165, 1.54) is 0 Å². The molecule has 0 radical (unpaired) electrons. The van der Waals surface area contributed by atoms with Gasteiger partial charge >= 0.3 is 0 Å². The van der Waals surface area contributed by atoms with Crippen LogP contribution in [0.5, 0.6) is 0 Å². The Hall–Kier alpha value is 1.30. The molecule has 0 N–H and O–H groups in total. The molecule has 2 aliphatic rings. The van der Waals surface area contributed by atoms with Crippen LogP contribution < -0.4 is 0 Å². The van der Waals surface area contributed by atoms with Crippen LogP contribution in [0.3, 0.4) is 0 Å². The van der Waals surface area contributed by atoms with Crippen molar-refractivity contribution in [2.75, 3.05) is 19.8 Å². The SMILES string of the molecule is C[Si](C)(C)OC[C@@H]1O[C@H](O[C@]2(CO[Si](C)(C)C)O[C@H](CO[Si](C)(C)C)[C@@H](O[Si](C)(C)C)[C@@H]2O[Si](C)(C)C)[C@@H](O[Si](C)(C)C)[C@H](O[Si](C)(C)C)[C@H]1O[Si](C)(C)C. The molecule has 2 fully saturated rings. The van der Waals surface area contributed by atoms with Crippen LogP contribution in [0.4, 0.5) is 0 Å². The number of hydrogen-bond acceptors (Lipinski definition) is 11. The third-order valence-electron chi connectivity index (χ3n) is 7.86. The Labute approximate surface area is 346 Å². The molecule has 0 bridgehead atoms. The first-order valence-electron chi connectivity index (χ1n) is 20.5. The van der Waals surface area contributed by atoms with Crippen molar-refractivity contribution in [3.63, 3.8) is 0 Å². The van der Waals surface area contributed by atoms with Gasteiger partial charge in [0.05, 0.1) is 19.8 Å². The van der Waals surface area contributed by atoms with Crippen LogP contribution in [0.15, 0.2) is 0 Å². The van der Waals surface area contributed by atoms with Crippen LogP contribution >= 0.6 is 0 Å². The summed E-state index contributed by atoms with van der Waals surface area (Å²) in [6, 6.07) is 0. The summed E-state index contributed by atoms with van der Waals surface area (Å²) in [6.07, 6.45) is -4.49. The first-order chi connectivity index (χ1) is 24.2. The fourth-order valence-corrected chi connectivity index (χ4v) is 13.6. The highest BCUT2D eigenvalue weighted by Gasteiger charge is 2.63. The van der Waals surface area contributed by atoms with Gasteiger partial charge in [0.1, 0.15) is 42.7 Å². The molecule has 0 aromatic heterocycles. The molecule has 2 rings (SSSR count). The van der Waals surface area contributed by atoms with E-state index in [-0.39, 0.29) is 6.61 Å². The van der Waals surface area contributed by atoms with E-state index in [1.54, 1.807) is 0 Å². The van der Waals surface area contributed by atoms with Gasteiger partial charge in [-0.15, -0.1) is 0 Å². The largest absolute Gasteiger partial charge is 0.415 e. The highest BCUT2D eigenvalue weighted by Crippen LogP contribution is 2.44. The topological polar surface area (TPSA) is 102 Å². The van der Waals surface area contributed by atoms with Gasteiger partial charge in [-0.1, -0.05) is 0 Å². The quantitative estimate of drug-likeness (QED) is 0.103. The molecule has 328 valence electrons. The molecule has 0 aliphatic carbocycles. The summed E-state index contributed by atoms with van der Waals surface area (Å²) in [5.74, 6) is -1.41. The Bertz CT molecular complexity index is 1190. The molecule has 11 nitrogen and oxygen atoms in total. The molecule has 19 heteroatoms. The van der Waals surface area contributed by atoms with Crippen molar-refractivity contribution in [3.8, 4) is 0 Å². The van der Waals surface area contributed by atoms with Gasteiger partial charge in [-0.25, -0.2) is 0 Å². The minimum absolute atomic E-state index is 0.136. The second kappa shape index (κ2) is 18.7. The van der Waals surface area contributed by atoms with Crippen molar-refractivity contribution < 1.29 is 49.6 Å². The average molecular weight is 920 g/mol. The van der Waals surface area contributed by atoms with Crippen molar-refractivity contribution in [1.82, 2.24) is 0 Å². The zero-order valence-electron chi connectivity index (χ0n) is 39.7. The third-order valence-corrected chi connectivity index (χ3v) is 15.8. The third kappa shape index (κ3) is 19.7. The summed E-state index contributed by atoms with van der Waals surface area (Å²) < 4.78 is 77.8. The van der Waals surface area contributed by atoms with Crippen molar-refractivity contribution in [2.24, 2.45) is 0 Å². The average Bonchev–Trinajstić information content (AvgIpc) is 3.15. The van der Waals surface area contributed by atoms with E-state index in [0.717, 1.165) is 0 Å². The van der Waals surface area contributed by atoms with Gasteiger partial charge in [-0.2, -0.15) is 0 Å². The summed E-state index contributed by atoms with van der Waals surface area (Å²) in [5.41, 5.74) is 0. The van der Waals surface area contributed by atoms with Gasteiger partial charge in [0.15, 0.2) is 72.8 Å². The number of rotatable bonds is 21. The first kappa shape index (κ1) is 52.4. The molecule has 2 aliphatic heterocycles. The molecule has 0 aromatic rings. The van der Waals surface area contributed by atoms with E-state index in [9.17, 15) is 0 Å². The lowest BCUT2D eigenvalue weighted by molar-refractivity contribution is -0.376. The lowest BCUT2D eigenvalue weighted by Crippen LogP contribution is -2.68. The van der Waals surface area contributed by atoms with Gasteiger partial charge in [0.25, 0.3) is 0 Å². The highest BCUT2D eigenvalue weighted by atomic mass is 28.4. The van der Waals surface area contributed by atoms with E-state index in [2.05, 4.69) is 157 Å². The molecule has 0 spiro atoms. The molecule has 9 atom stereocenters. The lowest BCUT2D eigenvalue weighted by atomic mass is 9.99. The van der Waals surface area contributed by atoms with E-state index in [0.29, 0.717) is 13.2 Å². The Morgan fingerprint density at radius 1 is 0.382 bits per heavy atom. The maximum atomic E-state index is 7.53. The first-order valence-corrected chi connectivity index (χ1v) is 47.8. The summed E-state index contributed by atoms with van der Waals surface area (Å²) in [6.45, 7) is 53.6. The fraction of sp³-hybridized carbons (Fsp3) is 1.00. The maximum absolute atomic E-state index is 7.53. The van der Waals surface area contributed by atoms with E-state index < -0.39 is 121 Å². The van der Waals surface area contributed by atoms with Crippen molar-refractivity contribution in [3.05, 3.63) is 0 Å². The Kier molecular flexibility index (Phi) is 17.9. The van der Waals surface area contributed by atoms with Gasteiger partial charge in [0, 0.05) is 0 Å². The molecule has 0 saturated carbocycles. The molecule has 55 heavy (non-hydrogen) atoms. The Balaban J connectivity index is 2.98. The monoisotopic (exact) mass is 918 g/mol. The minimum atomic E-state index is -2.26. The second-order valence-electron chi connectivity index (χ2n) is 23.3. The molecule has 2 heterocycles. The van der Waals surface area contributed by atoms with Crippen LogP contribution in [0.1, 0.15) is 0 Å². The van der Waals surface area contributed by atoms with Crippen LogP contribution in [0.25, 0.3) is 0 Å². The molecule has 0 unspecified atom stereocenters. The summed E-state index contributed by atoms with van der Waals surface area (Å²) in [5, 5.41) is 0. The van der Waals surface area contributed by atoms with Crippen LogP contribution in [-0.2, 0) is 49.6 Å². The maximum Gasteiger partial charge on any atom is 0.221 e. The molecular formula is C36H86O11Si8.